The van der Waals surface area contributed by atoms with E-state index in [9.17, 15) is 0 Å². The van der Waals surface area contributed by atoms with E-state index >= 15 is 0 Å². The summed E-state index contributed by atoms with van der Waals surface area (Å²) in [5.41, 5.74) is 3.24. The van der Waals surface area contributed by atoms with Crippen molar-refractivity contribution in [1.82, 2.24) is 4.98 Å². The molecule has 0 unspecified atom stereocenters. The summed E-state index contributed by atoms with van der Waals surface area (Å²) in [6.45, 7) is 0.486. The Bertz CT molecular complexity index is 686. The minimum absolute atomic E-state index is 0.486. The van der Waals surface area contributed by atoms with Crippen LogP contribution in [0.3, 0.4) is 0 Å². The maximum atomic E-state index is 5.30. The normalized spacial score (nSPS) is 11.2. The Morgan fingerprint density at radius 2 is 1.79 bits per heavy atom. The van der Waals surface area contributed by atoms with Crippen LogP contribution in [0.2, 0.25) is 0 Å². The van der Waals surface area contributed by atoms with Crippen LogP contribution < -0.4 is 0 Å². The molecule has 0 saturated heterocycles. The molecule has 3 heteroatoms. The first kappa shape index (κ1) is 11.5. The highest BCUT2D eigenvalue weighted by atomic mass is 16.6. The molecule has 3 aromatic rings. The molecule has 0 atom stereocenters. The molecule has 3 nitrogen and oxygen atoms in total. The van der Waals surface area contributed by atoms with E-state index in [0.29, 0.717) is 6.61 Å². The number of aromatic amines is 1. The van der Waals surface area contributed by atoms with Gasteiger partial charge >= 0.3 is 0 Å². The van der Waals surface area contributed by atoms with Gasteiger partial charge in [-0.3, -0.25) is 0 Å². The Morgan fingerprint density at radius 3 is 2.68 bits per heavy atom. The van der Waals surface area contributed by atoms with E-state index in [1.807, 2.05) is 54.7 Å². The van der Waals surface area contributed by atoms with Crippen molar-refractivity contribution in [2.75, 3.05) is 0 Å². The minimum atomic E-state index is 0.486. The first-order chi connectivity index (χ1) is 9.43. The predicted molar refractivity (Wildman–Crippen MR) is 77.1 cm³/mol. The molecule has 3 rings (SSSR count). The van der Waals surface area contributed by atoms with E-state index in [-0.39, 0.29) is 0 Å². The van der Waals surface area contributed by atoms with Gasteiger partial charge in [-0.25, -0.2) is 0 Å². The van der Waals surface area contributed by atoms with E-state index in [2.05, 4.69) is 16.2 Å². The number of nitrogens with zero attached hydrogens (tertiary/aromatic N) is 1. The van der Waals surface area contributed by atoms with Gasteiger partial charge in [-0.05, 0) is 11.6 Å². The summed E-state index contributed by atoms with van der Waals surface area (Å²) in [6.07, 6.45) is 3.67. The minimum Gasteiger partial charge on any atom is -0.391 e. The van der Waals surface area contributed by atoms with Gasteiger partial charge in [0.05, 0.1) is 6.21 Å². The molecule has 0 saturated carbocycles. The lowest BCUT2D eigenvalue weighted by atomic mass is 10.2. The van der Waals surface area contributed by atoms with Crippen LogP contribution in [0, 0.1) is 0 Å². The topological polar surface area (TPSA) is 37.4 Å². The van der Waals surface area contributed by atoms with Crippen LogP contribution in [0.5, 0.6) is 0 Å². The third-order valence-corrected chi connectivity index (χ3v) is 2.96. The van der Waals surface area contributed by atoms with Crippen LogP contribution in [0.4, 0.5) is 0 Å². The lowest BCUT2D eigenvalue weighted by molar-refractivity contribution is 0.132. The average molecular weight is 250 g/mol. The largest absolute Gasteiger partial charge is 0.391 e. The Balaban J connectivity index is 1.67. The van der Waals surface area contributed by atoms with Gasteiger partial charge in [-0.15, -0.1) is 0 Å². The lowest BCUT2D eigenvalue weighted by Crippen LogP contribution is -1.87. The van der Waals surface area contributed by atoms with Crippen molar-refractivity contribution >= 4 is 17.1 Å². The van der Waals surface area contributed by atoms with Crippen molar-refractivity contribution in [1.29, 1.82) is 0 Å². The fourth-order valence-electron chi connectivity index (χ4n) is 1.98. The van der Waals surface area contributed by atoms with Gasteiger partial charge < -0.3 is 9.82 Å². The summed E-state index contributed by atoms with van der Waals surface area (Å²) in [7, 11) is 0. The molecule has 0 fully saturated rings. The van der Waals surface area contributed by atoms with Crippen LogP contribution in [-0.4, -0.2) is 11.2 Å². The molecule has 0 aliphatic rings. The highest BCUT2D eigenvalue weighted by molar-refractivity contribution is 5.98. The van der Waals surface area contributed by atoms with Gasteiger partial charge in [-0.1, -0.05) is 53.7 Å². The van der Waals surface area contributed by atoms with Crippen LogP contribution in [0.1, 0.15) is 11.1 Å². The number of rotatable bonds is 4. The van der Waals surface area contributed by atoms with Gasteiger partial charge in [0.1, 0.15) is 6.61 Å². The highest BCUT2D eigenvalue weighted by Gasteiger charge is 1.99. The predicted octanol–water partition coefficient (Wildman–Crippen LogP) is 3.72. The maximum absolute atomic E-state index is 5.30. The summed E-state index contributed by atoms with van der Waals surface area (Å²) in [5.74, 6) is 0. The third kappa shape index (κ3) is 2.65. The van der Waals surface area contributed by atoms with Gasteiger partial charge in [0.15, 0.2) is 0 Å². The third-order valence-electron chi connectivity index (χ3n) is 2.96. The second-order valence-electron chi connectivity index (χ2n) is 4.28. The molecule has 19 heavy (non-hydrogen) atoms. The van der Waals surface area contributed by atoms with Crippen molar-refractivity contribution < 1.29 is 4.84 Å². The Morgan fingerprint density at radius 1 is 1.00 bits per heavy atom. The number of benzene rings is 2. The Labute approximate surface area is 111 Å². The van der Waals surface area contributed by atoms with Crippen LogP contribution in [0.15, 0.2) is 65.9 Å². The first-order valence-electron chi connectivity index (χ1n) is 6.19. The average Bonchev–Trinajstić information content (AvgIpc) is 2.88. The van der Waals surface area contributed by atoms with E-state index in [1.165, 1.54) is 0 Å². The number of para-hydroxylation sites is 1. The Hall–Kier alpha value is -2.55. The molecule has 0 aliphatic heterocycles. The Kier molecular flexibility index (Phi) is 3.28. The van der Waals surface area contributed by atoms with E-state index in [1.54, 1.807) is 6.21 Å². The molecular formula is C16H14N2O. The van der Waals surface area contributed by atoms with E-state index in [4.69, 9.17) is 4.84 Å². The van der Waals surface area contributed by atoms with Crippen LogP contribution >= 0.6 is 0 Å². The van der Waals surface area contributed by atoms with E-state index in [0.717, 1.165) is 22.0 Å². The summed E-state index contributed by atoms with van der Waals surface area (Å²) < 4.78 is 0. The quantitative estimate of drug-likeness (QED) is 0.556. The summed E-state index contributed by atoms with van der Waals surface area (Å²) >= 11 is 0. The number of H-pyrrole nitrogens is 1. The molecule has 2 aromatic carbocycles. The molecule has 94 valence electrons. The van der Waals surface area contributed by atoms with Crippen molar-refractivity contribution in [3.63, 3.8) is 0 Å². The van der Waals surface area contributed by atoms with Gasteiger partial charge in [0, 0.05) is 22.7 Å². The molecule has 0 amide bonds. The monoisotopic (exact) mass is 250 g/mol. The second kappa shape index (κ2) is 5.40. The van der Waals surface area contributed by atoms with Gasteiger partial charge in [-0.2, -0.15) is 0 Å². The number of hydrogen-bond acceptors (Lipinski definition) is 2. The van der Waals surface area contributed by atoms with Crippen molar-refractivity contribution in [2.24, 2.45) is 5.16 Å². The van der Waals surface area contributed by atoms with Crippen LogP contribution in [0.25, 0.3) is 10.9 Å². The summed E-state index contributed by atoms with van der Waals surface area (Å²) in [4.78, 5) is 8.50. The first-order valence-corrected chi connectivity index (χ1v) is 6.19. The van der Waals surface area contributed by atoms with Crippen LogP contribution in [-0.2, 0) is 11.4 Å². The highest BCUT2D eigenvalue weighted by Crippen LogP contribution is 2.15. The van der Waals surface area contributed by atoms with Crippen molar-refractivity contribution in [2.45, 2.75) is 6.61 Å². The maximum Gasteiger partial charge on any atom is 0.142 e. The zero-order valence-corrected chi connectivity index (χ0v) is 10.4. The molecule has 1 aromatic heterocycles. The molecule has 1 N–H and O–H groups in total. The molecule has 0 spiro atoms. The zero-order chi connectivity index (χ0) is 12.9. The molecular weight excluding hydrogens is 236 g/mol. The molecule has 0 radical (unpaired) electrons. The molecule has 0 aliphatic carbocycles. The number of oxime groups is 1. The number of nitrogens with one attached hydrogen (secondary N) is 1. The lowest BCUT2D eigenvalue weighted by Gasteiger charge is -1.98. The number of fused-ring (bicyclic) bond motifs is 1. The fourth-order valence-corrected chi connectivity index (χ4v) is 1.98. The SMILES string of the molecule is C(=NOCc1ccccc1)c1c[nH]c2ccccc12. The molecule has 1 heterocycles. The summed E-state index contributed by atoms with van der Waals surface area (Å²) in [5, 5.41) is 5.16. The van der Waals surface area contributed by atoms with Gasteiger partial charge in [0.2, 0.25) is 0 Å². The van der Waals surface area contributed by atoms with Gasteiger partial charge in [0.25, 0.3) is 0 Å². The summed E-state index contributed by atoms with van der Waals surface area (Å²) in [6, 6.07) is 18.1. The second-order valence-corrected chi connectivity index (χ2v) is 4.28. The van der Waals surface area contributed by atoms with Crippen molar-refractivity contribution in [3.8, 4) is 0 Å². The zero-order valence-electron chi connectivity index (χ0n) is 10.4. The molecule has 0 bridgehead atoms. The fraction of sp³-hybridized carbons (Fsp3) is 0.0625. The standard InChI is InChI=1S/C16H14N2O/c1-2-6-13(7-3-1)12-19-18-11-14-10-17-16-9-5-4-8-15(14)16/h1-11,17H,12H2. The van der Waals surface area contributed by atoms with Crippen molar-refractivity contribution in [3.05, 3.63) is 71.9 Å². The number of aromatic nitrogens is 1. The van der Waals surface area contributed by atoms with E-state index < -0.39 is 0 Å². The number of hydrogen-bond donors (Lipinski definition) is 1. The smallest absolute Gasteiger partial charge is 0.142 e.